The molecule has 0 N–H and O–H groups in total. The van der Waals surface area contributed by atoms with E-state index in [1.807, 2.05) is 76.0 Å². The standard InChI is InChI=1S/C30H30N6O3/c1-39-24-13-11-23(12-14-24)33-17-19-34(20-18-33)28(37)16-15-27-31-32-30-35(21-22-7-3-2-4-8-22)29(38)25-9-5-6-10-26(25)36(27)30/h2-14H,15-21H2,1H3. The first-order valence-corrected chi connectivity index (χ1v) is 13.2. The minimum atomic E-state index is -0.105. The van der Waals surface area contributed by atoms with Gasteiger partial charge in [-0.3, -0.25) is 18.6 Å². The Morgan fingerprint density at radius 2 is 1.59 bits per heavy atom. The second-order valence-corrected chi connectivity index (χ2v) is 9.71. The lowest BCUT2D eigenvalue weighted by Crippen LogP contribution is -2.48. The molecule has 1 amide bonds. The van der Waals surface area contributed by atoms with Gasteiger partial charge in [0.2, 0.25) is 11.7 Å². The Kier molecular flexibility index (Phi) is 6.71. The molecule has 1 aliphatic rings. The molecule has 0 aliphatic carbocycles. The summed E-state index contributed by atoms with van der Waals surface area (Å²) in [4.78, 5) is 30.8. The Labute approximate surface area is 225 Å². The molecule has 1 fully saturated rings. The van der Waals surface area contributed by atoms with Gasteiger partial charge in [-0.15, -0.1) is 10.2 Å². The van der Waals surface area contributed by atoms with E-state index in [1.54, 1.807) is 11.7 Å². The molecule has 3 heterocycles. The Bertz CT molecular complexity index is 1670. The van der Waals surface area contributed by atoms with E-state index in [9.17, 15) is 9.59 Å². The highest BCUT2D eigenvalue weighted by atomic mass is 16.5. The molecule has 39 heavy (non-hydrogen) atoms. The second-order valence-electron chi connectivity index (χ2n) is 9.71. The van der Waals surface area contributed by atoms with E-state index in [0.29, 0.717) is 49.5 Å². The van der Waals surface area contributed by atoms with Crippen molar-refractivity contribution in [1.29, 1.82) is 0 Å². The highest BCUT2D eigenvalue weighted by molar-refractivity contribution is 5.81. The number of methoxy groups -OCH3 is 1. The number of fused-ring (bicyclic) bond motifs is 3. The molecule has 9 heteroatoms. The Morgan fingerprint density at radius 1 is 0.872 bits per heavy atom. The monoisotopic (exact) mass is 522 g/mol. The van der Waals surface area contributed by atoms with Crippen LogP contribution in [0.1, 0.15) is 17.8 Å². The van der Waals surface area contributed by atoms with Gasteiger partial charge in [-0.1, -0.05) is 42.5 Å². The summed E-state index contributed by atoms with van der Waals surface area (Å²) >= 11 is 0. The Balaban J connectivity index is 1.19. The van der Waals surface area contributed by atoms with Crippen LogP contribution in [0.4, 0.5) is 5.69 Å². The van der Waals surface area contributed by atoms with Crippen molar-refractivity contribution in [3.8, 4) is 5.75 Å². The number of aromatic nitrogens is 4. The first-order chi connectivity index (χ1) is 19.1. The molecule has 1 saturated heterocycles. The molecule has 0 spiro atoms. The number of hydrogen-bond acceptors (Lipinski definition) is 6. The maximum absolute atomic E-state index is 13.4. The highest BCUT2D eigenvalue weighted by Gasteiger charge is 2.23. The number of rotatable bonds is 7. The number of benzene rings is 3. The molecule has 2 aromatic heterocycles. The average molecular weight is 523 g/mol. The van der Waals surface area contributed by atoms with Crippen LogP contribution in [0, 0.1) is 0 Å². The molecule has 0 radical (unpaired) electrons. The van der Waals surface area contributed by atoms with Crippen molar-refractivity contribution in [3.63, 3.8) is 0 Å². The molecule has 6 rings (SSSR count). The van der Waals surface area contributed by atoms with Gasteiger partial charge in [0.25, 0.3) is 5.56 Å². The predicted molar refractivity (Wildman–Crippen MR) is 150 cm³/mol. The fourth-order valence-corrected chi connectivity index (χ4v) is 5.27. The first-order valence-electron chi connectivity index (χ1n) is 13.2. The van der Waals surface area contributed by atoms with Crippen LogP contribution in [0.2, 0.25) is 0 Å². The van der Waals surface area contributed by atoms with E-state index < -0.39 is 0 Å². The summed E-state index contributed by atoms with van der Waals surface area (Å²) < 4.78 is 8.84. The van der Waals surface area contributed by atoms with Crippen molar-refractivity contribution in [3.05, 3.63) is 101 Å². The highest BCUT2D eigenvalue weighted by Crippen LogP contribution is 2.21. The quantitative estimate of drug-likeness (QED) is 0.326. The van der Waals surface area contributed by atoms with Gasteiger partial charge in [-0.05, 0) is 42.0 Å². The smallest absolute Gasteiger partial charge is 0.263 e. The summed E-state index contributed by atoms with van der Waals surface area (Å²) in [5.41, 5.74) is 2.78. The lowest BCUT2D eigenvalue weighted by Gasteiger charge is -2.36. The molecule has 0 unspecified atom stereocenters. The number of amides is 1. The van der Waals surface area contributed by atoms with Gasteiger partial charge in [0.1, 0.15) is 11.6 Å². The van der Waals surface area contributed by atoms with Crippen LogP contribution in [-0.2, 0) is 17.8 Å². The third kappa shape index (κ3) is 4.83. The van der Waals surface area contributed by atoms with E-state index in [4.69, 9.17) is 4.74 Å². The molecule has 198 valence electrons. The van der Waals surface area contributed by atoms with Crippen LogP contribution in [0.25, 0.3) is 16.7 Å². The zero-order valence-electron chi connectivity index (χ0n) is 21.9. The number of carbonyl (C=O) groups is 1. The maximum Gasteiger partial charge on any atom is 0.263 e. The van der Waals surface area contributed by atoms with Crippen molar-refractivity contribution in [2.45, 2.75) is 19.4 Å². The van der Waals surface area contributed by atoms with Gasteiger partial charge >= 0.3 is 0 Å². The SMILES string of the molecule is COc1ccc(N2CCN(C(=O)CCc3nnc4n(Cc5ccccc5)c(=O)c5ccccc5n34)CC2)cc1. The lowest BCUT2D eigenvalue weighted by molar-refractivity contribution is -0.131. The fraction of sp³-hybridized carbons (Fsp3) is 0.267. The summed E-state index contributed by atoms with van der Waals surface area (Å²) in [6, 6.07) is 25.4. The molecule has 0 saturated carbocycles. The summed E-state index contributed by atoms with van der Waals surface area (Å²) in [5, 5.41) is 9.44. The zero-order valence-corrected chi connectivity index (χ0v) is 21.9. The van der Waals surface area contributed by atoms with Crippen molar-refractivity contribution < 1.29 is 9.53 Å². The number of anilines is 1. The van der Waals surface area contributed by atoms with Crippen LogP contribution in [0.5, 0.6) is 5.75 Å². The zero-order chi connectivity index (χ0) is 26.8. The van der Waals surface area contributed by atoms with Crippen LogP contribution in [-0.4, -0.2) is 63.3 Å². The third-order valence-corrected chi connectivity index (χ3v) is 7.39. The predicted octanol–water partition coefficient (Wildman–Crippen LogP) is 3.38. The number of ether oxygens (including phenoxy) is 1. The van der Waals surface area contributed by atoms with Crippen molar-refractivity contribution in [2.24, 2.45) is 0 Å². The van der Waals surface area contributed by atoms with Gasteiger partial charge in [-0.2, -0.15) is 0 Å². The summed E-state index contributed by atoms with van der Waals surface area (Å²) in [5.74, 6) is 2.09. The third-order valence-electron chi connectivity index (χ3n) is 7.39. The molecule has 0 bridgehead atoms. The minimum absolute atomic E-state index is 0.100. The molecule has 9 nitrogen and oxygen atoms in total. The largest absolute Gasteiger partial charge is 0.497 e. The van der Waals surface area contributed by atoms with Gasteiger partial charge in [-0.25, -0.2) is 0 Å². The molecule has 5 aromatic rings. The number of carbonyl (C=O) groups excluding carboxylic acids is 1. The minimum Gasteiger partial charge on any atom is -0.497 e. The molecule has 3 aromatic carbocycles. The number of hydrogen-bond donors (Lipinski definition) is 0. The number of aryl methyl sites for hydroxylation is 1. The number of para-hydroxylation sites is 1. The van der Waals surface area contributed by atoms with Gasteiger partial charge in [0.05, 0.1) is 24.6 Å². The molecule has 1 aliphatic heterocycles. The van der Waals surface area contributed by atoms with Crippen LogP contribution < -0.4 is 15.2 Å². The normalized spacial score (nSPS) is 13.8. The second kappa shape index (κ2) is 10.6. The topological polar surface area (TPSA) is 85.0 Å². The molecular weight excluding hydrogens is 492 g/mol. The molecule has 0 atom stereocenters. The van der Waals surface area contributed by atoms with Gasteiger partial charge in [0, 0.05) is 44.7 Å². The van der Waals surface area contributed by atoms with E-state index >= 15 is 0 Å². The van der Waals surface area contributed by atoms with Crippen molar-refractivity contribution >= 4 is 28.3 Å². The Hall–Kier alpha value is -4.66. The van der Waals surface area contributed by atoms with E-state index in [1.165, 1.54) is 0 Å². The van der Waals surface area contributed by atoms with Crippen molar-refractivity contribution in [2.75, 3.05) is 38.2 Å². The van der Waals surface area contributed by atoms with E-state index in [0.717, 1.165) is 35.6 Å². The number of piperazine rings is 1. The number of nitrogens with zero attached hydrogens (tertiary/aromatic N) is 6. The van der Waals surface area contributed by atoms with E-state index in [-0.39, 0.29) is 11.5 Å². The van der Waals surface area contributed by atoms with Crippen molar-refractivity contribution in [1.82, 2.24) is 24.1 Å². The van der Waals surface area contributed by atoms with Gasteiger partial charge in [0.15, 0.2) is 0 Å². The van der Waals surface area contributed by atoms with E-state index in [2.05, 4.69) is 27.2 Å². The summed E-state index contributed by atoms with van der Waals surface area (Å²) in [7, 11) is 1.66. The summed E-state index contributed by atoms with van der Waals surface area (Å²) in [6.45, 7) is 3.30. The lowest BCUT2D eigenvalue weighted by atomic mass is 10.2. The first kappa shape index (κ1) is 24.7. The Morgan fingerprint density at radius 3 is 2.33 bits per heavy atom. The maximum atomic E-state index is 13.4. The van der Waals surface area contributed by atoms with Crippen LogP contribution >= 0.6 is 0 Å². The van der Waals surface area contributed by atoms with Crippen LogP contribution in [0.15, 0.2) is 83.7 Å². The average Bonchev–Trinajstić information content (AvgIpc) is 3.43. The summed E-state index contributed by atoms with van der Waals surface area (Å²) in [6.07, 6.45) is 0.766. The van der Waals surface area contributed by atoms with Gasteiger partial charge < -0.3 is 14.5 Å². The fourth-order valence-electron chi connectivity index (χ4n) is 5.27. The molecular formula is C30H30N6O3. The van der Waals surface area contributed by atoms with Crippen LogP contribution in [0.3, 0.4) is 0 Å².